The molecule has 0 radical (unpaired) electrons. The summed E-state index contributed by atoms with van der Waals surface area (Å²) < 4.78 is 27.7. The van der Waals surface area contributed by atoms with E-state index < -0.39 is 17.5 Å². The van der Waals surface area contributed by atoms with Crippen LogP contribution in [-0.2, 0) is 0 Å². The first kappa shape index (κ1) is 13.2. The minimum Gasteiger partial charge on any atom is -0.321 e. The molecule has 6 heteroatoms. The predicted octanol–water partition coefficient (Wildman–Crippen LogP) is 3.17. The summed E-state index contributed by atoms with van der Waals surface area (Å²) in [5.74, 6) is -2.40. The Morgan fingerprint density at radius 2 is 2.00 bits per heavy atom. The predicted molar refractivity (Wildman–Crippen MR) is 74.2 cm³/mol. The summed E-state index contributed by atoms with van der Waals surface area (Å²) >= 11 is 0. The van der Waals surface area contributed by atoms with E-state index in [9.17, 15) is 13.6 Å². The molecule has 0 spiro atoms. The lowest BCUT2D eigenvalue weighted by atomic mass is 10.2. The van der Waals surface area contributed by atoms with Gasteiger partial charge in [-0.05, 0) is 31.2 Å². The van der Waals surface area contributed by atoms with E-state index in [0.29, 0.717) is 17.0 Å². The summed E-state index contributed by atoms with van der Waals surface area (Å²) in [4.78, 5) is 16.6. The first-order chi connectivity index (χ1) is 10.1. The molecule has 1 aromatic carbocycles. The van der Waals surface area contributed by atoms with Gasteiger partial charge in [-0.3, -0.25) is 9.20 Å². The van der Waals surface area contributed by atoms with Gasteiger partial charge in [-0.25, -0.2) is 13.8 Å². The van der Waals surface area contributed by atoms with E-state index in [1.807, 2.05) is 6.07 Å². The number of imidazole rings is 1. The molecule has 1 amide bonds. The number of hydrogen-bond donors (Lipinski definition) is 1. The molecule has 0 atom stereocenters. The van der Waals surface area contributed by atoms with Crippen LogP contribution in [-0.4, -0.2) is 15.3 Å². The molecule has 0 saturated heterocycles. The summed E-state index contributed by atoms with van der Waals surface area (Å²) in [5, 5.41) is 2.54. The van der Waals surface area contributed by atoms with Gasteiger partial charge in [0.15, 0.2) is 11.6 Å². The summed E-state index contributed by atoms with van der Waals surface area (Å²) in [6.07, 6.45) is 1.72. The number of nitrogens with one attached hydrogen (secondary N) is 1. The number of amides is 1. The second kappa shape index (κ2) is 4.97. The fraction of sp³-hybridized carbons (Fsp3) is 0.0667. The number of aryl methyl sites for hydroxylation is 1. The van der Waals surface area contributed by atoms with Gasteiger partial charge in [0.05, 0.1) is 5.69 Å². The van der Waals surface area contributed by atoms with Gasteiger partial charge in [-0.15, -0.1) is 0 Å². The monoisotopic (exact) mass is 287 g/mol. The zero-order chi connectivity index (χ0) is 15.0. The lowest BCUT2D eigenvalue weighted by Gasteiger charge is -2.06. The summed E-state index contributed by atoms with van der Waals surface area (Å²) in [5.41, 5.74) is 1.74. The van der Waals surface area contributed by atoms with Crippen LogP contribution in [0, 0.1) is 18.6 Å². The zero-order valence-corrected chi connectivity index (χ0v) is 11.1. The molecule has 0 unspecified atom stereocenters. The van der Waals surface area contributed by atoms with E-state index in [0.717, 1.165) is 12.1 Å². The van der Waals surface area contributed by atoms with E-state index >= 15 is 0 Å². The molecule has 0 aliphatic carbocycles. The number of rotatable bonds is 2. The number of aromatic nitrogens is 2. The molecule has 3 rings (SSSR count). The summed E-state index contributed by atoms with van der Waals surface area (Å²) in [6.45, 7) is 1.72. The fourth-order valence-electron chi connectivity index (χ4n) is 2.15. The third-order valence-corrected chi connectivity index (χ3v) is 3.10. The molecule has 2 aromatic heterocycles. The standard InChI is InChI=1S/C15H11F2N3O/c1-9-14(20-7-3-2-4-13(20)18-9)15(21)19-10-5-6-11(16)12(17)8-10/h2-8H,1H3,(H,19,21). The normalized spacial score (nSPS) is 10.8. The van der Waals surface area contributed by atoms with Gasteiger partial charge in [0, 0.05) is 18.0 Å². The Morgan fingerprint density at radius 3 is 2.76 bits per heavy atom. The molecular formula is C15H11F2N3O. The maximum absolute atomic E-state index is 13.2. The van der Waals surface area contributed by atoms with Gasteiger partial charge < -0.3 is 5.32 Å². The molecule has 0 saturated carbocycles. The van der Waals surface area contributed by atoms with Crippen molar-refractivity contribution < 1.29 is 13.6 Å². The number of benzene rings is 1. The zero-order valence-electron chi connectivity index (χ0n) is 11.1. The molecule has 2 heterocycles. The SMILES string of the molecule is Cc1nc2ccccn2c1C(=O)Nc1ccc(F)c(F)c1. The van der Waals surface area contributed by atoms with Crippen molar-refractivity contribution in [3.8, 4) is 0 Å². The quantitative estimate of drug-likeness (QED) is 0.787. The number of halogens is 2. The molecule has 4 nitrogen and oxygen atoms in total. The largest absolute Gasteiger partial charge is 0.321 e. The Morgan fingerprint density at radius 1 is 1.19 bits per heavy atom. The van der Waals surface area contributed by atoms with Crippen LogP contribution in [0.25, 0.3) is 5.65 Å². The Labute approximate surface area is 119 Å². The minimum absolute atomic E-state index is 0.184. The van der Waals surface area contributed by atoms with Gasteiger partial charge in [0.2, 0.25) is 0 Å². The van der Waals surface area contributed by atoms with Crippen LogP contribution in [0.2, 0.25) is 0 Å². The lowest BCUT2D eigenvalue weighted by Crippen LogP contribution is -2.15. The third-order valence-electron chi connectivity index (χ3n) is 3.10. The Balaban J connectivity index is 1.97. The number of hydrogen-bond acceptors (Lipinski definition) is 2. The summed E-state index contributed by atoms with van der Waals surface area (Å²) in [7, 11) is 0. The van der Waals surface area contributed by atoms with Crippen molar-refractivity contribution >= 4 is 17.2 Å². The molecule has 0 aliphatic heterocycles. The Kier molecular flexibility index (Phi) is 3.13. The van der Waals surface area contributed by atoms with E-state index in [4.69, 9.17) is 0 Å². The molecule has 106 valence electrons. The van der Waals surface area contributed by atoms with Gasteiger partial charge in [0.25, 0.3) is 5.91 Å². The third kappa shape index (κ3) is 2.35. The second-order valence-electron chi connectivity index (χ2n) is 4.56. The fourth-order valence-corrected chi connectivity index (χ4v) is 2.15. The van der Waals surface area contributed by atoms with Crippen molar-refractivity contribution in [1.82, 2.24) is 9.38 Å². The number of pyridine rings is 1. The van der Waals surface area contributed by atoms with Crippen molar-refractivity contribution in [1.29, 1.82) is 0 Å². The Bertz CT molecular complexity index is 842. The van der Waals surface area contributed by atoms with E-state index in [1.165, 1.54) is 6.07 Å². The molecule has 0 fully saturated rings. The van der Waals surface area contributed by atoms with Gasteiger partial charge in [-0.2, -0.15) is 0 Å². The second-order valence-corrected chi connectivity index (χ2v) is 4.56. The highest BCUT2D eigenvalue weighted by molar-refractivity contribution is 6.04. The van der Waals surface area contributed by atoms with Gasteiger partial charge in [-0.1, -0.05) is 6.07 Å². The van der Waals surface area contributed by atoms with Crippen LogP contribution in [0.4, 0.5) is 14.5 Å². The highest BCUT2D eigenvalue weighted by atomic mass is 19.2. The number of carbonyl (C=O) groups is 1. The lowest BCUT2D eigenvalue weighted by molar-refractivity contribution is 0.102. The van der Waals surface area contributed by atoms with E-state index in [1.54, 1.807) is 29.7 Å². The average Bonchev–Trinajstić information content (AvgIpc) is 2.78. The van der Waals surface area contributed by atoms with Crippen LogP contribution in [0.15, 0.2) is 42.6 Å². The maximum Gasteiger partial charge on any atom is 0.274 e. The van der Waals surface area contributed by atoms with Crippen LogP contribution in [0.5, 0.6) is 0 Å². The molecule has 3 aromatic rings. The van der Waals surface area contributed by atoms with Crippen molar-refractivity contribution in [3.63, 3.8) is 0 Å². The smallest absolute Gasteiger partial charge is 0.274 e. The summed E-state index contributed by atoms with van der Waals surface area (Å²) in [6, 6.07) is 8.58. The number of carbonyl (C=O) groups excluding carboxylic acids is 1. The number of fused-ring (bicyclic) bond motifs is 1. The molecule has 0 bridgehead atoms. The van der Waals surface area contributed by atoms with Crippen molar-refractivity contribution in [2.75, 3.05) is 5.32 Å². The maximum atomic E-state index is 13.2. The molecule has 1 N–H and O–H groups in total. The number of anilines is 1. The van der Waals surface area contributed by atoms with E-state index in [2.05, 4.69) is 10.3 Å². The van der Waals surface area contributed by atoms with Crippen LogP contribution >= 0.6 is 0 Å². The van der Waals surface area contributed by atoms with Crippen LogP contribution in [0.3, 0.4) is 0 Å². The van der Waals surface area contributed by atoms with Crippen LogP contribution in [0.1, 0.15) is 16.2 Å². The molecule has 21 heavy (non-hydrogen) atoms. The van der Waals surface area contributed by atoms with E-state index in [-0.39, 0.29) is 5.69 Å². The van der Waals surface area contributed by atoms with Gasteiger partial charge in [0.1, 0.15) is 11.3 Å². The van der Waals surface area contributed by atoms with Crippen molar-refractivity contribution in [2.45, 2.75) is 6.92 Å². The topological polar surface area (TPSA) is 46.4 Å². The Hall–Kier alpha value is -2.76. The van der Waals surface area contributed by atoms with Crippen LogP contribution < -0.4 is 5.32 Å². The molecule has 0 aliphatic rings. The molecular weight excluding hydrogens is 276 g/mol. The van der Waals surface area contributed by atoms with Crippen molar-refractivity contribution in [3.05, 3.63) is 65.6 Å². The highest BCUT2D eigenvalue weighted by Gasteiger charge is 2.16. The highest BCUT2D eigenvalue weighted by Crippen LogP contribution is 2.17. The van der Waals surface area contributed by atoms with Gasteiger partial charge >= 0.3 is 0 Å². The first-order valence-corrected chi connectivity index (χ1v) is 6.26. The first-order valence-electron chi connectivity index (χ1n) is 6.26. The minimum atomic E-state index is -1.01. The average molecular weight is 287 g/mol. The number of nitrogens with zero attached hydrogens (tertiary/aromatic N) is 2. The van der Waals surface area contributed by atoms with Crippen molar-refractivity contribution in [2.24, 2.45) is 0 Å².